The molecule has 0 aromatic heterocycles. The second kappa shape index (κ2) is 16.2. The Morgan fingerprint density at radius 3 is 1.93 bits per heavy atom. The van der Waals surface area contributed by atoms with E-state index in [4.69, 9.17) is 4.55 Å². The molecule has 6 nitrogen and oxygen atoms in total. The Morgan fingerprint density at radius 1 is 0.821 bits per heavy atom. The highest BCUT2D eigenvalue weighted by Gasteiger charge is 2.15. The third-order valence-electron chi connectivity index (χ3n) is 5.19. The van der Waals surface area contributed by atoms with Crippen LogP contribution in [0.25, 0.3) is 0 Å². The van der Waals surface area contributed by atoms with Crippen molar-refractivity contribution in [3.8, 4) is 0 Å². The summed E-state index contributed by atoms with van der Waals surface area (Å²) in [5.74, 6) is -0.0107. The zero-order chi connectivity index (χ0) is 21.3. The highest BCUT2D eigenvalue weighted by atomic mass is 32.2. The van der Waals surface area contributed by atoms with Gasteiger partial charge < -0.3 is 9.80 Å². The summed E-state index contributed by atoms with van der Waals surface area (Å²) in [5.41, 5.74) is 0. The van der Waals surface area contributed by atoms with Gasteiger partial charge in [0.2, 0.25) is 5.91 Å². The van der Waals surface area contributed by atoms with E-state index in [9.17, 15) is 13.2 Å². The summed E-state index contributed by atoms with van der Waals surface area (Å²) in [6.07, 6.45) is 14.1. The second-order valence-electron chi connectivity index (χ2n) is 8.66. The molecule has 0 atom stereocenters. The van der Waals surface area contributed by atoms with Crippen LogP contribution in [0, 0.1) is 0 Å². The van der Waals surface area contributed by atoms with Crippen molar-refractivity contribution in [1.82, 2.24) is 5.32 Å². The number of quaternary nitrogens is 1. The average Bonchev–Trinajstić information content (AvgIpc) is 2.60. The van der Waals surface area contributed by atoms with Crippen LogP contribution in [0.2, 0.25) is 0 Å². The second-order valence-corrected chi connectivity index (χ2v) is 10.2. The molecule has 0 unspecified atom stereocenters. The molecular formula is C21H45N2O4S+. The zero-order valence-corrected chi connectivity index (χ0v) is 19.4. The lowest BCUT2D eigenvalue weighted by atomic mass is 10.1. The maximum atomic E-state index is 11.9. The summed E-state index contributed by atoms with van der Waals surface area (Å²) >= 11 is 0. The van der Waals surface area contributed by atoms with E-state index < -0.39 is 10.1 Å². The van der Waals surface area contributed by atoms with Gasteiger partial charge in [-0.3, -0.25) is 9.35 Å². The van der Waals surface area contributed by atoms with Gasteiger partial charge in [-0.15, -0.1) is 0 Å². The molecule has 0 fully saturated rings. The number of hydrogen-bond acceptors (Lipinski definition) is 3. The van der Waals surface area contributed by atoms with Crippen LogP contribution in [0.5, 0.6) is 0 Å². The van der Waals surface area contributed by atoms with E-state index in [1.165, 1.54) is 44.9 Å². The van der Waals surface area contributed by atoms with Gasteiger partial charge in [-0.2, -0.15) is 8.42 Å². The normalized spacial score (nSPS) is 12.3. The minimum absolute atomic E-state index is 0.154. The van der Waals surface area contributed by atoms with Gasteiger partial charge in [-0.05, 0) is 19.3 Å². The van der Waals surface area contributed by atoms with Gasteiger partial charge >= 0.3 is 0 Å². The maximum absolute atomic E-state index is 11.9. The molecule has 2 N–H and O–H groups in total. The number of carbonyl (C=O) groups is 1. The van der Waals surface area contributed by atoms with Crippen LogP contribution in [-0.2, 0) is 14.9 Å². The van der Waals surface area contributed by atoms with Crippen molar-refractivity contribution in [1.29, 1.82) is 0 Å². The van der Waals surface area contributed by atoms with Gasteiger partial charge in [0.25, 0.3) is 10.1 Å². The molecule has 0 aromatic rings. The minimum Gasteiger partial charge on any atom is -0.356 e. The Morgan fingerprint density at radius 2 is 1.36 bits per heavy atom. The lowest BCUT2D eigenvalue weighted by Gasteiger charge is -2.29. The lowest BCUT2D eigenvalue weighted by Crippen LogP contribution is -2.42. The molecule has 0 aliphatic heterocycles. The van der Waals surface area contributed by atoms with Crippen LogP contribution in [-0.4, -0.2) is 62.8 Å². The predicted molar refractivity (Wildman–Crippen MR) is 117 cm³/mol. The number of hydrogen-bond donors (Lipinski definition) is 2. The van der Waals surface area contributed by atoms with E-state index in [2.05, 4.69) is 26.3 Å². The van der Waals surface area contributed by atoms with Gasteiger partial charge in [0.05, 0.1) is 32.9 Å². The van der Waals surface area contributed by atoms with Crippen LogP contribution in [0.1, 0.15) is 90.4 Å². The van der Waals surface area contributed by atoms with Gasteiger partial charge in [-0.25, -0.2) is 0 Å². The van der Waals surface area contributed by atoms with E-state index >= 15 is 0 Å². The molecule has 0 aliphatic carbocycles. The minimum atomic E-state index is -3.84. The van der Waals surface area contributed by atoms with Crippen LogP contribution >= 0.6 is 0 Å². The third-order valence-corrected chi connectivity index (χ3v) is 5.99. The molecular weight excluding hydrogens is 376 g/mol. The van der Waals surface area contributed by atoms with Gasteiger partial charge in [0.15, 0.2) is 0 Å². The topological polar surface area (TPSA) is 83.5 Å². The Bertz CT molecular complexity index is 493. The number of nitrogens with zero attached hydrogens (tertiary/aromatic N) is 1. The monoisotopic (exact) mass is 421 g/mol. The largest absolute Gasteiger partial charge is 0.356 e. The van der Waals surface area contributed by atoms with Crippen molar-refractivity contribution in [3.63, 3.8) is 0 Å². The van der Waals surface area contributed by atoms with E-state index in [-0.39, 0.29) is 11.7 Å². The SMILES string of the molecule is CCCCCCCCCCCC(=O)NCCC[N+](C)(C)CCCCS(=O)(=O)O. The van der Waals surface area contributed by atoms with Crippen LogP contribution in [0.3, 0.4) is 0 Å². The number of amides is 1. The van der Waals surface area contributed by atoms with Crippen molar-refractivity contribution in [2.24, 2.45) is 0 Å². The summed E-state index contributed by atoms with van der Waals surface area (Å²) in [7, 11) is 0.372. The van der Waals surface area contributed by atoms with E-state index in [0.29, 0.717) is 19.4 Å². The molecule has 0 spiro atoms. The summed E-state index contributed by atoms with van der Waals surface area (Å²) in [6.45, 7) is 4.73. The summed E-state index contributed by atoms with van der Waals surface area (Å²) in [5, 5.41) is 3.01. The standard InChI is InChI=1S/C21H44N2O4S/c1-4-5-6-7-8-9-10-11-12-16-21(24)22-17-15-19-23(2,3)18-13-14-20-28(25,26)27/h4-20H2,1-3H3,(H-,22,24,25,26,27)/p+1. The molecule has 168 valence electrons. The van der Waals surface area contributed by atoms with Crippen LogP contribution < -0.4 is 5.32 Å². The molecule has 0 radical (unpaired) electrons. The lowest BCUT2D eigenvalue weighted by molar-refractivity contribution is -0.890. The fourth-order valence-electron chi connectivity index (χ4n) is 3.36. The first-order valence-electron chi connectivity index (χ1n) is 11.2. The molecule has 0 saturated carbocycles. The molecule has 1 amide bonds. The fraction of sp³-hybridized carbons (Fsp3) is 0.952. The average molecular weight is 422 g/mol. The van der Waals surface area contributed by atoms with Gasteiger partial charge in [0.1, 0.15) is 0 Å². The molecule has 0 aliphatic rings. The Kier molecular flexibility index (Phi) is 15.8. The smallest absolute Gasteiger partial charge is 0.264 e. The molecule has 7 heteroatoms. The molecule has 28 heavy (non-hydrogen) atoms. The number of unbranched alkanes of at least 4 members (excludes halogenated alkanes) is 9. The Labute approximate surface area is 173 Å². The molecule has 0 aromatic carbocycles. The quantitative estimate of drug-likeness (QED) is 0.186. The van der Waals surface area contributed by atoms with Gasteiger partial charge in [-0.1, -0.05) is 58.3 Å². The molecule has 0 saturated heterocycles. The van der Waals surface area contributed by atoms with Crippen LogP contribution in [0.15, 0.2) is 0 Å². The third kappa shape index (κ3) is 20.1. The molecule has 0 rings (SSSR count). The van der Waals surface area contributed by atoms with Crippen molar-refractivity contribution >= 4 is 16.0 Å². The van der Waals surface area contributed by atoms with Crippen molar-refractivity contribution < 1.29 is 22.2 Å². The fourth-order valence-corrected chi connectivity index (χ4v) is 3.92. The molecule has 0 bridgehead atoms. The van der Waals surface area contributed by atoms with E-state index in [1.54, 1.807) is 0 Å². The Balaban J connectivity index is 3.54. The van der Waals surface area contributed by atoms with Gasteiger partial charge in [0, 0.05) is 19.4 Å². The number of carbonyl (C=O) groups excluding carboxylic acids is 1. The summed E-state index contributed by atoms with van der Waals surface area (Å²) in [6, 6.07) is 0. The summed E-state index contributed by atoms with van der Waals surface area (Å²) in [4.78, 5) is 11.9. The van der Waals surface area contributed by atoms with Crippen molar-refractivity contribution in [3.05, 3.63) is 0 Å². The maximum Gasteiger partial charge on any atom is 0.264 e. The first-order valence-corrected chi connectivity index (χ1v) is 12.8. The first-order chi connectivity index (χ1) is 13.2. The predicted octanol–water partition coefficient (Wildman–Crippen LogP) is 4.16. The number of nitrogens with one attached hydrogen (secondary N) is 1. The molecule has 0 heterocycles. The Hall–Kier alpha value is -0.660. The van der Waals surface area contributed by atoms with Crippen LogP contribution in [0.4, 0.5) is 0 Å². The highest BCUT2D eigenvalue weighted by Crippen LogP contribution is 2.10. The van der Waals surface area contributed by atoms with Crippen molar-refractivity contribution in [2.45, 2.75) is 90.4 Å². The van der Waals surface area contributed by atoms with E-state index in [1.807, 2.05) is 0 Å². The zero-order valence-electron chi connectivity index (χ0n) is 18.5. The first kappa shape index (κ1) is 27.3. The number of rotatable bonds is 19. The van der Waals surface area contributed by atoms with E-state index in [0.717, 1.165) is 43.3 Å². The summed E-state index contributed by atoms with van der Waals surface area (Å²) < 4.78 is 31.0. The van der Waals surface area contributed by atoms with Crippen molar-refractivity contribution in [2.75, 3.05) is 39.5 Å². The highest BCUT2D eigenvalue weighted by molar-refractivity contribution is 7.85.